The van der Waals surface area contributed by atoms with Gasteiger partial charge in [0.05, 0.1) is 40.3 Å². The van der Waals surface area contributed by atoms with E-state index in [1.54, 1.807) is 6.92 Å². The number of aliphatic carboxylic acids is 1. The SMILES string of the molecule is CC(=O)c1c(C)nc2ccccc2c1NCc1cccc(CC[C@@]2(O)CC[C@@]3(C)C(C[C@@H](O)C4C3C[C@H](O)[C@@]3(C)C4CC[C@@H]3[C@H](C)CCC(=O)NCC(=O)O)C2)c1. The van der Waals surface area contributed by atoms with Crippen molar-refractivity contribution in [3.8, 4) is 0 Å². The number of aromatic nitrogens is 1. The van der Waals surface area contributed by atoms with E-state index in [-0.39, 0.29) is 71.0 Å². The summed E-state index contributed by atoms with van der Waals surface area (Å²) in [5.41, 5.74) is 3.96. The number of carboxylic acids is 1. The fourth-order valence-electron chi connectivity index (χ4n) is 12.7. The Labute approximate surface area is 337 Å². The lowest BCUT2D eigenvalue weighted by atomic mass is 9.42. The molecule has 308 valence electrons. The smallest absolute Gasteiger partial charge is 0.322 e. The summed E-state index contributed by atoms with van der Waals surface area (Å²) in [6.45, 7) is 10.4. The molecule has 11 atom stereocenters. The number of para-hydroxylation sites is 1. The monoisotopic (exact) mass is 781 g/mol. The third kappa shape index (κ3) is 7.86. The minimum absolute atomic E-state index is 0.0210. The second-order valence-corrected chi connectivity index (χ2v) is 18.9. The molecule has 4 fully saturated rings. The molecule has 4 unspecified atom stereocenters. The number of amides is 1. The Bertz CT molecular complexity index is 2000. The largest absolute Gasteiger partial charge is 0.480 e. The van der Waals surface area contributed by atoms with E-state index in [0.717, 1.165) is 53.4 Å². The van der Waals surface area contributed by atoms with Crippen LogP contribution in [-0.4, -0.2) is 67.4 Å². The van der Waals surface area contributed by atoms with Crippen LogP contribution in [-0.2, 0) is 22.6 Å². The maximum Gasteiger partial charge on any atom is 0.322 e. The van der Waals surface area contributed by atoms with Crippen molar-refractivity contribution in [1.29, 1.82) is 0 Å². The molecule has 10 nitrogen and oxygen atoms in total. The molecule has 57 heavy (non-hydrogen) atoms. The van der Waals surface area contributed by atoms with Gasteiger partial charge >= 0.3 is 5.97 Å². The van der Waals surface area contributed by atoms with E-state index in [1.807, 2.05) is 31.2 Å². The highest BCUT2D eigenvalue weighted by molar-refractivity contribution is 6.08. The first-order chi connectivity index (χ1) is 27.0. The van der Waals surface area contributed by atoms with Crippen molar-refractivity contribution in [1.82, 2.24) is 10.3 Å². The number of anilines is 1. The average molecular weight is 782 g/mol. The number of aliphatic hydroxyl groups excluding tert-OH is 2. The van der Waals surface area contributed by atoms with Crippen LogP contribution in [0.1, 0.15) is 119 Å². The highest BCUT2D eigenvalue weighted by Crippen LogP contribution is 2.69. The maximum absolute atomic E-state index is 12.7. The molecule has 1 aromatic heterocycles. The molecule has 1 heterocycles. The topological polar surface area (TPSA) is 169 Å². The van der Waals surface area contributed by atoms with Crippen LogP contribution >= 0.6 is 0 Å². The van der Waals surface area contributed by atoms with Crippen molar-refractivity contribution in [2.24, 2.45) is 46.3 Å². The lowest BCUT2D eigenvalue weighted by Gasteiger charge is -2.64. The fourth-order valence-corrected chi connectivity index (χ4v) is 12.7. The Hall–Kier alpha value is -3.86. The van der Waals surface area contributed by atoms with Gasteiger partial charge in [-0.2, -0.15) is 0 Å². The predicted octanol–water partition coefficient (Wildman–Crippen LogP) is 7.24. The first-order valence-corrected chi connectivity index (χ1v) is 21.3. The van der Waals surface area contributed by atoms with Crippen LogP contribution in [0.4, 0.5) is 5.69 Å². The molecule has 0 spiro atoms. The second-order valence-electron chi connectivity index (χ2n) is 18.9. The average Bonchev–Trinajstić information content (AvgIpc) is 3.53. The van der Waals surface area contributed by atoms with Crippen LogP contribution in [0.5, 0.6) is 0 Å². The predicted molar refractivity (Wildman–Crippen MR) is 221 cm³/mol. The zero-order chi connectivity index (χ0) is 40.9. The molecule has 4 aliphatic rings. The van der Waals surface area contributed by atoms with Gasteiger partial charge in [-0.1, -0.05) is 63.2 Å². The number of carbonyl (C=O) groups is 3. The van der Waals surface area contributed by atoms with Gasteiger partial charge < -0.3 is 31.1 Å². The van der Waals surface area contributed by atoms with Crippen molar-refractivity contribution < 1.29 is 34.8 Å². The van der Waals surface area contributed by atoms with E-state index < -0.39 is 23.8 Å². The van der Waals surface area contributed by atoms with Gasteiger partial charge in [0.15, 0.2) is 5.78 Å². The Kier molecular flexibility index (Phi) is 11.6. The number of hydrogen-bond donors (Lipinski definition) is 6. The molecule has 6 N–H and O–H groups in total. The van der Waals surface area contributed by atoms with E-state index in [9.17, 15) is 29.7 Å². The number of benzene rings is 2. The standard InChI is InChI=1S/C47H63N3O7/c1-27(13-16-40(54)48-26-41(55)56)34-14-15-35-43-36(23-39(53)46(34,35)5)45(4)19-20-47(57,24-32(45)22-38(43)52)18-17-30-9-8-10-31(21-30)25-49-44-33-11-6-7-12-37(33)50-28(2)42(44)29(3)51/h6-12,21,27,32,34-36,38-39,43,52-53,57H,13-20,22-26H2,1-5H3,(H,48,54)(H,49,50)(H,55,56)/t27-,32?,34-,35?,36?,38-,39+,43?,45+,46-,47-/m1/s1. The van der Waals surface area contributed by atoms with Crippen LogP contribution in [0.3, 0.4) is 0 Å². The van der Waals surface area contributed by atoms with Crippen molar-refractivity contribution >= 4 is 34.3 Å². The molecule has 0 bridgehead atoms. The van der Waals surface area contributed by atoms with Crippen LogP contribution in [0.25, 0.3) is 10.9 Å². The van der Waals surface area contributed by atoms with Gasteiger partial charge in [-0.05, 0) is 142 Å². The minimum Gasteiger partial charge on any atom is -0.480 e. The third-order valence-corrected chi connectivity index (χ3v) is 15.7. The summed E-state index contributed by atoms with van der Waals surface area (Å²) in [5.74, 6) is -0.330. The Morgan fingerprint density at radius 2 is 1.74 bits per heavy atom. The van der Waals surface area contributed by atoms with E-state index in [4.69, 9.17) is 5.11 Å². The Balaban J connectivity index is 0.989. The van der Waals surface area contributed by atoms with E-state index in [2.05, 4.69) is 60.7 Å². The molecule has 0 radical (unpaired) electrons. The van der Waals surface area contributed by atoms with Gasteiger partial charge in [-0.25, -0.2) is 0 Å². The number of rotatable bonds is 13. The fraction of sp³-hybridized carbons (Fsp3) is 0.617. The van der Waals surface area contributed by atoms with Gasteiger partial charge in [-0.3, -0.25) is 19.4 Å². The molecule has 1 amide bonds. The number of hydrogen-bond acceptors (Lipinski definition) is 8. The molecule has 0 aliphatic heterocycles. The van der Waals surface area contributed by atoms with Gasteiger partial charge in [0.1, 0.15) is 6.54 Å². The zero-order valence-corrected chi connectivity index (χ0v) is 34.4. The number of ketones is 1. The third-order valence-electron chi connectivity index (χ3n) is 15.7. The summed E-state index contributed by atoms with van der Waals surface area (Å²) in [6, 6.07) is 16.3. The second kappa shape index (κ2) is 16.1. The molecular formula is C47H63N3O7. The summed E-state index contributed by atoms with van der Waals surface area (Å²) in [7, 11) is 0. The number of aliphatic hydroxyl groups is 3. The normalized spacial score (nSPS) is 33.8. The van der Waals surface area contributed by atoms with Crippen LogP contribution < -0.4 is 10.6 Å². The Morgan fingerprint density at radius 3 is 2.49 bits per heavy atom. The van der Waals surface area contributed by atoms with Crippen LogP contribution in [0, 0.1) is 53.3 Å². The van der Waals surface area contributed by atoms with Crippen molar-refractivity contribution in [3.63, 3.8) is 0 Å². The number of aryl methyl sites for hydroxylation is 2. The molecule has 2 aromatic carbocycles. The summed E-state index contributed by atoms with van der Waals surface area (Å²) >= 11 is 0. The minimum atomic E-state index is -1.06. The van der Waals surface area contributed by atoms with Gasteiger partial charge in [0.2, 0.25) is 5.91 Å². The van der Waals surface area contributed by atoms with E-state index in [1.165, 1.54) is 0 Å². The number of nitrogens with zero attached hydrogens (tertiary/aromatic N) is 1. The van der Waals surface area contributed by atoms with Crippen molar-refractivity contribution in [3.05, 3.63) is 70.9 Å². The van der Waals surface area contributed by atoms with Crippen LogP contribution in [0.2, 0.25) is 0 Å². The first-order valence-electron chi connectivity index (χ1n) is 21.3. The lowest BCUT2D eigenvalue weighted by molar-refractivity contribution is -0.216. The summed E-state index contributed by atoms with van der Waals surface area (Å²) in [6.07, 6.45) is 6.68. The first kappa shape index (κ1) is 41.3. The Morgan fingerprint density at radius 1 is 0.982 bits per heavy atom. The number of pyridine rings is 1. The van der Waals surface area contributed by atoms with Crippen molar-refractivity contribution in [2.45, 2.75) is 130 Å². The summed E-state index contributed by atoms with van der Waals surface area (Å²) < 4.78 is 0. The van der Waals surface area contributed by atoms with E-state index in [0.29, 0.717) is 56.3 Å². The van der Waals surface area contributed by atoms with Crippen molar-refractivity contribution in [2.75, 3.05) is 11.9 Å². The molecule has 10 heteroatoms. The van der Waals surface area contributed by atoms with Gasteiger partial charge in [-0.15, -0.1) is 0 Å². The molecule has 4 aliphatic carbocycles. The van der Waals surface area contributed by atoms with E-state index >= 15 is 0 Å². The maximum atomic E-state index is 12.7. The molecule has 4 saturated carbocycles. The van der Waals surface area contributed by atoms with Crippen LogP contribution in [0.15, 0.2) is 48.5 Å². The highest BCUT2D eigenvalue weighted by atomic mass is 16.4. The number of Topliss-reactive ketones (excluding diaryl/α,β-unsaturated/α-hetero) is 1. The summed E-state index contributed by atoms with van der Waals surface area (Å²) in [5, 5.41) is 52.0. The summed E-state index contributed by atoms with van der Waals surface area (Å²) in [4.78, 5) is 40.5. The number of nitrogens with one attached hydrogen (secondary N) is 2. The lowest BCUT2D eigenvalue weighted by Crippen LogP contribution is -2.63. The zero-order valence-electron chi connectivity index (χ0n) is 34.4. The number of carbonyl (C=O) groups excluding carboxylic acids is 2. The number of carboxylic acid groups (broad SMARTS) is 1. The highest BCUT2D eigenvalue weighted by Gasteiger charge is 2.66. The quantitative estimate of drug-likeness (QED) is 0.0980. The molecular weight excluding hydrogens is 719 g/mol. The molecule has 7 rings (SSSR count). The van der Waals surface area contributed by atoms with Gasteiger partial charge in [0.25, 0.3) is 0 Å². The van der Waals surface area contributed by atoms with Gasteiger partial charge in [0, 0.05) is 18.4 Å². The number of fused-ring (bicyclic) bond motifs is 6. The molecule has 0 saturated heterocycles. The molecule has 3 aromatic rings.